The molecule has 0 aromatic heterocycles. The second-order valence-electron chi connectivity index (χ2n) is 18.1. The lowest BCUT2D eigenvalue weighted by molar-refractivity contribution is -0.167. The molecule has 0 unspecified atom stereocenters. The van der Waals surface area contributed by atoms with E-state index >= 15 is 0 Å². The largest absolute Gasteiger partial charge is 0.462 e. The number of esters is 3. The van der Waals surface area contributed by atoms with Crippen LogP contribution in [0, 0.1) is 0 Å². The monoisotopic (exact) mass is 979 g/mol. The van der Waals surface area contributed by atoms with E-state index < -0.39 is 12.1 Å². The number of ether oxygens (including phenoxy) is 3. The fourth-order valence-electron chi connectivity index (χ4n) is 7.00. The van der Waals surface area contributed by atoms with E-state index in [1.807, 2.05) is 0 Å². The van der Waals surface area contributed by atoms with Crippen molar-refractivity contribution >= 4 is 17.9 Å². The van der Waals surface area contributed by atoms with Gasteiger partial charge in [0.05, 0.1) is 0 Å². The number of hydrogen-bond acceptors (Lipinski definition) is 6. The normalized spacial score (nSPS) is 13.2. The minimum absolute atomic E-state index is 0.139. The van der Waals surface area contributed by atoms with E-state index in [1.165, 1.54) is 77.0 Å². The maximum absolute atomic E-state index is 12.8. The molecule has 0 spiro atoms. The highest BCUT2D eigenvalue weighted by molar-refractivity contribution is 5.71. The van der Waals surface area contributed by atoms with Crippen molar-refractivity contribution in [2.75, 3.05) is 13.2 Å². The van der Waals surface area contributed by atoms with E-state index in [2.05, 4.69) is 167 Å². The third kappa shape index (κ3) is 56.1. The Bertz CT molecular complexity index is 1590. The number of hydrogen-bond donors (Lipinski definition) is 0. The Morgan fingerprint density at radius 3 is 0.817 bits per heavy atom. The average Bonchev–Trinajstić information content (AvgIpc) is 3.37. The van der Waals surface area contributed by atoms with Crippen LogP contribution in [0.5, 0.6) is 0 Å². The first kappa shape index (κ1) is 66.3. The number of allylic oxidation sites excluding steroid dienone is 24. The van der Waals surface area contributed by atoms with Crippen LogP contribution in [0.15, 0.2) is 146 Å². The summed E-state index contributed by atoms with van der Waals surface area (Å²) in [5, 5.41) is 0. The molecule has 6 heteroatoms. The summed E-state index contributed by atoms with van der Waals surface area (Å²) in [4.78, 5) is 38.1. The predicted molar refractivity (Wildman–Crippen MR) is 306 cm³/mol. The van der Waals surface area contributed by atoms with Crippen LogP contribution in [-0.4, -0.2) is 37.2 Å². The van der Waals surface area contributed by atoms with Gasteiger partial charge in [-0.1, -0.05) is 212 Å². The second kappa shape index (κ2) is 57.9. The van der Waals surface area contributed by atoms with Crippen LogP contribution in [0.1, 0.15) is 226 Å². The van der Waals surface area contributed by atoms with Gasteiger partial charge >= 0.3 is 17.9 Å². The zero-order chi connectivity index (χ0) is 51.4. The van der Waals surface area contributed by atoms with Gasteiger partial charge in [-0.2, -0.15) is 0 Å². The molecule has 0 N–H and O–H groups in total. The number of carbonyl (C=O) groups is 3. The smallest absolute Gasteiger partial charge is 0.306 e. The Morgan fingerprint density at radius 2 is 0.521 bits per heavy atom. The van der Waals surface area contributed by atoms with Gasteiger partial charge in [-0.3, -0.25) is 14.4 Å². The molecular formula is C65H102O6. The first-order valence-corrected chi connectivity index (χ1v) is 28.3. The fraction of sp³-hybridized carbons (Fsp3) is 0.585. The summed E-state index contributed by atoms with van der Waals surface area (Å²) in [6, 6.07) is 0. The molecule has 0 fully saturated rings. The highest BCUT2D eigenvalue weighted by atomic mass is 16.6. The molecule has 0 aliphatic rings. The minimum Gasteiger partial charge on any atom is -0.462 e. The quantitative estimate of drug-likeness (QED) is 0.0262. The molecule has 0 amide bonds. The third-order valence-electron chi connectivity index (χ3n) is 11.3. The van der Waals surface area contributed by atoms with Crippen molar-refractivity contribution in [1.82, 2.24) is 0 Å². The average molecular weight is 980 g/mol. The van der Waals surface area contributed by atoms with E-state index in [4.69, 9.17) is 14.2 Å². The summed E-state index contributed by atoms with van der Waals surface area (Å²) in [6.07, 6.45) is 82.7. The van der Waals surface area contributed by atoms with Gasteiger partial charge in [0.1, 0.15) is 13.2 Å². The van der Waals surface area contributed by atoms with Gasteiger partial charge in [0.2, 0.25) is 0 Å². The highest BCUT2D eigenvalue weighted by Crippen LogP contribution is 2.10. The molecule has 0 aromatic carbocycles. The predicted octanol–water partition coefficient (Wildman–Crippen LogP) is 19.2. The molecule has 0 aliphatic heterocycles. The summed E-state index contributed by atoms with van der Waals surface area (Å²) in [5.41, 5.74) is 0. The van der Waals surface area contributed by atoms with E-state index in [1.54, 1.807) is 0 Å². The van der Waals surface area contributed by atoms with Gasteiger partial charge < -0.3 is 14.2 Å². The minimum atomic E-state index is -0.849. The van der Waals surface area contributed by atoms with Crippen LogP contribution in [0.4, 0.5) is 0 Å². The maximum Gasteiger partial charge on any atom is 0.306 e. The molecular weight excluding hydrogens is 877 g/mol. The zero-order valence-electron chi connectivity index (χ0n) is 45.4. The standard InChI is InChI=1S/C65H102O6/c1-4-7-10-13-16-19-22-25-28-31-32-35-37-40-43-46-49-52-55-58-64(67)70-61-62(71-65(68)59-56-53-50-47-44-41-38-34-30-27-24-21-18-15-12-9-6-3)60-69-63(66)57-54-51-48-45-42-39-36-33-29-26-23-20-17-14-11-8-5-2/h16-21,25-30,32,35-36,38-41,43,45,47-48,50,62H,4-15,22-24,31,33-34,37,42,44,46,49,51-61H2,1-3H3/b19-16-,20-17-,21-18-,28-25-,29-26-,30-27-,35-32-,39-36-,41-38-,43-40-,48-45-,50-47-/t62-/m0/s1. The van der Waals surface area contributed by atoms with Crippen molar-refractivity contribution in [3.8, 4) is 0 Å². The number of rotatable bonds is 49. The molecule has 0 radical (unpaired) electrons. The Kier molecular flexibility index (Phi) is 54.0. The van der Waals surface area contributed by atoms with E-state index in [0.717, 1.165) is 96.3 Å². The van der Waals surface area contributed by atoms with Gasteiger partial charge in [0, 0.05) is 19.3 Å². The molecule has 6 nitrogen and oxygen atoms in total. The Hall–Kier alpha value is -4.71. The SMILES string of the molecule is CCCCC/C=C\C/C=C\C/C=C\C/C=C\CCCCCC(=O)OC[C@H](COC(=O)CCC/C=C\C/C=C\C/C=C\C/C=C\CCCCC)OC(=O)CCC/C=C\C/C=C\C/C=C\C/C=C\CCCCC. The second-order valence-corrected chi connectivity index (χ2v) is 18.1. The molecule has 0 rings (SSSR count). The van der Waals surface area contributed by atoms with Crippen LogP contribution in [0.2, 0.25) is 0 Å². The maximum atomic E-state index is 12.8. The van der Waals surface area contributed by atoms with Crippen LogP contribution >= 0.6 is 0 Å². The van der Waals surface area contributed by atoms with E-state index in [-0.39, 0.29) is 38.0 Å². The van der Waals surface area contributed by atoms with Crippen molar-refractivity contribution in [3.63, 3.8) is 0 Å². The lowest BCUT2D eigenvalue weighted by atomic mass is 10.1. The lowest BCUT2D eigenvalue weighted by Crippen LogP contribution is -2.30. The van der Waals surface area contributed by atoms with Gasteiger partial charge in [-0.05, 0) is 141 Å². The van der Waals surface area contributed by atoms with Crippen molar-refractivity contribution < 1.29 is 28.6 Å². The van der Waals surface area contributed by atoms with E-state index in [9.17, 15) is 14.4 Å². The van der Waals surface area contributed by atoms with Gasteiger partial charge in [0.25, 0.3) is 0 Å². The summed E-state index contributed by atoms with van der Waals surface area (Å²) in [6.45, 7) is 6.42. The molecule has 0 aliphatic carbocycles. The van der Waals surface area contributed by atoms with Crippen molar-refractivity contribution in [2.45, 2.75) is 232 Å². The van der Waals surface area contributed by atoms with Crippen LogP contribution in [0.25, 0.3) is 0 Å². The molecule has 1 atom stereocenters. The topological polar surface area (TPSA) is 78.9 Å². The van der Waals surface area contributed by atoms with Crippen LogP contribution in [0.3, 0.4) is 0 Å². The molecule has 0 aromatic rings. The molecule has 0 heterocycles. The molecule has 0 saturated heterocycles. The number of carbonyl (C=O) groups excluding carboxylic acids is 3. The summed E-state index contributed by atoms with van der Waals surface area (Å²) in [5.74, 6) is -1.09. The van der Waals surface area contributed by atoms with E-state index in [0.29, 0.717) is 19.3 Å². The van der Waals surface area contributed by atoms with Crippen molar-refractivity contribution in [1.29, 1.82) is 0 Å². The van der Waals surface area contributed by atoms with Crippen molar-refractivity contribution in [2.24, 2.45) is 0 Å². The fourth-order valence-corrected chi connectivity index (χ4v) is 7.00. The van der Waals surface area contributed by atoms with Crippen LogP contribution < -0.4 is 0 Å². The summed E-state index contributed by atoms with van der Waals surface area (Å²) in [7, 11) is 0. The first-order chi connectivity index (χ1) is 35.0. The lowest BCUT2D eigenvalue weighted by Gasteiger charge is -2.18. The molecule has 0 saturated carbocycles. The van der Waals surface area contributed by atoms with Gasteiger partial charge in [0.15, 0.2) is 6.10 Å². The summed E-state index contributed by atoms with van der Waals surface area (Å²) >= 11 is 0. The molecule has 71 heavy (non-hydrogen) atoms. The van der Waals surface area contributed by atoms with Gasteiger partial charge in [-0.15, -0.1) is 0 Å². The number of unbranched alkanes of at least 4 members (excludes halogenated alkanes) is 14. The first-order valence-electron chi connectivity index (χ1n) is 28.3. The molecule has 398 valence electrons. The van der Waals surface area contributed by atoms with Crippen LogP contribution in [-0.2, 0) is 28.6 Å². The van der Waals surface area contributed by atoms with Gasteiger partial charge in [-0.25, -0.2) is 0 Å². The van der Waals surface area contributed by atoms with Crippen molar-refractivity contribution in [3.05, 3.63) is 146 Å². The Morgan fingerprint density at radius 1 is 0.282 bits per heavy atom. The third-order valence-corrected chi connectivity index (χ3v) is 11.3. The Labute approximate surface area is 436 Å². The highest BCUT2D eigenvalue weighted by Gasteiger charge is 2.19. The summed E-state index contributed by atoms with van der Waals surface area (Å²) < 4.78 is 16.7. The Balaban J connectivity index is 4.65. The molecule has 0 bridgehead atoms. The zero-order valence-corrected chi connectivity index (χ0v) is 45.4.